The van der Waals surface area contributed by atoms with Gasteiger partial charge in [-0.2, -0.15) is 0 Å². The van der Waals surface area contributed by atoms with Crippen LogP contribution < -0.4 is 4.90 Å². The van der Waals surface area contributed by atoms with Crippen molar-refractivity contribution in [2.24, 2.45) is 0 Å². The van der Waals surface area contributed by atoms with Crippen molar-refractivity contribution >= 4 is 21.6 Å². The molecule has 4 rings (SSSR count). The van der Waals surface area contributed by atoms with Gasteiger partial charge in [-0.15, -0.1) is 0 Å². The topological polar surface area (TPSA) is 6.48 Å². The summed E-state index contributed by atoms with van der Waals surface area (Å²) in [5.74, 6) is 0. The number of hydrogen-bond acceptors (Lipinski definition) is 2. The Hall–Kier alpha value is -0.540. The Labute approximate surface area is 99.0 Å². The molecule has 0 amide bonds. The van der Waals surface area contributed by atoms with Crippen molar-refractivity contribution in [3.63, 3.8) is 0 Å². The number of nitrogens with zero attached hydrogens (tertiary/aromatic N) is 2. The molecule has 80 valence electrons. The lowest BCUT2D eigenvalue weighted by molar-refractivity contribution is 0.0263. The zero-order chi connectivity index (χ0) is 10.4. The zero-order valence-corrected chi connectivity index (χ0v) is 10.4. The average Bonchev–Trinajstić information content (AvgIpc) is 2.29. The fourth-order valence-electron chi connectivity index (χ4n) is 2.70. The van der Waals surface area contributed by atoms with Gasteiger partial charge in [0, 0.05) is 29.6 Å². The highest BCUT2D eigenvalue weighted by Gasteiger charge is 2.42. The fourth-order valence-corrected chi connectivity index (χ4v) is 3.24. The van der Waals surface area contributed by atoms with E-state index in [9.17, 15) is 0 Å². The first kappa shape index (κ1) is 9.67. The number of fused-ring (bicyclic) bond motifs is 2. The van der Waals surface area contributed by atoms with Crippen LogP contribution in [0.3, 0.4) is 0 Å². The van der Waals surface area contributed by atoms with Crippen LogP contribution >= 0.6 is 15.9 Å². The van der Waals surface area contributed by atoms with Crippen LogP contribution in [0.4, 0.5) is 5.69 Å². The lowest BCUT2D eigenvalue weighted by Crippen LogP contribution is -2.67. The molecule has 3 aliphatic rings. The van der Waals surface area contributed by atoms with Gasteiger partial charge in [-0.3, -0.25) is 4.90 Å². The molecule has 0 aliphatic carbocycles. The Bertz CT molecular complexity index is 368. The van der Waals surface area contributed by atoms with Gasteiger partial charge in [0.2, 0.25) is 0 Å². The van der Waals surface area contributed by atoms with Gasteiger partial charge >= 0.3 is 0 Å². The van der Waals surface area contributed by atoms with Crippen molar-refractivity contribution in [3.8, 4) is 0 Å². The number of benzene rings is 1. The average molecular weight is 267 g/mol. The summed E-state index contributed by atoms with van der Waals surface area (Å²) in [7, 11) is 2.25. The minimum absolute atomic E-state index is 0.774. The summed E-state index contributed by atoms with van der Waals surface area (Å²) in [6.45, 7) is 2.35. The Morgan fingerprint density at radius 1 is 1.20 bits per heavy atom. The molecule has 3 saturated heterocycles. The predicted octanol–water partition coefficient (Wildman–Crippen LogP) is 2.34. The van der Waals surface area contributed by atoms with Crippen LogP contribution in [-0.2, 0) is 0 Å². The Kier molecular flexibility index (Phi) is 2.25. The number of hydrogen-bond donors (Lipinski definition) is 0. The van der Waals surface area contributed by atoms with E-state index < -0.39 is 0 Å². The molecule has 2 unspecified atom stereocenters. The van der Waals surface area contributed by atoms with E-state index in [2.05, 4.69) is 57.0 Å². The minimum Gasteiger partial charge on any atom is -0.367 e. The maximum atomic E-state index is 3.63. The molecule has 1 aromatic rings. The van der Waals surface area contributed by atoms with Gasteiger partial charge in [0.15, 0.2) is 0 Å². The van der Waals surface area contributed by atoms with Gasteiger partial charge in [-0.25, -0.2) is 0 Å². The van der Waals surface area contributed by atoms with Crippen LogP contribution in [-0.4, -0.2) is 37.1 Å². The maximum Gasteiger partial charge on any atom is 0.0511 e. The van der Waals surface area contributed by atoms with E-state index >= 15 is 0 Å². The third-order valence-corrected chi connectivity index (χ3v) is 4.42. The smallest absolute Gasteiger partial charge is 0.0511 e. The van der Waals surface area contributed by atoms with E-state index in [4.69, 9.17) is 0 Å². The van der Waals surface area contributed by atoms with E-state index in [0.717, 1.165) is 12.1 Å². The second kappa shape index (κ2) is 3.49. The number of anilines is 1. The van der Waals surface area contributed by atoms with E-state index in [1.165, 1.54) is 29.7 Å². The van der Waals surface area contributed by atoms with Gasteiger partial charge in [0.25, 0.3) is 0 Å². The molecular weight excluding hydrogens is 252 g/mol. The maximum absolute atomic E-state index is 3.63. The summed E-state index contributed by atoms with van der Waals surface area (Å²) in [6, 6.07) is 10.1. The van der Waals surface area contributed by atoms with E-state index in [1.807, 2.05) is 0 Å². The molecule has 2 nitrogen and oxygen atoms in total. The number of para-hydroxylation sites is 1. The van der Waals surface area contributed by atoms with Crippen molar-refractivity contribution in [2.75, 3.05) is 25.0 Å². The van der Waals surface area contributed by atoms with Crippen LogP contribution in [0.1, 0.15) is 6.42 Å². The normalized spacial score (nSPS) is 30.1. The summed E-state index contributed by atoms with van der Waals surface area (Å²) >= 11 is 3.63. The van der Waals surface area contributed by atoms with Gasteiger partial charge in [0.05, 0.1) is 5.69 Å². The fraction of sp³-hybridized carbons (Fsp3) is 0.500. The molecule has 2 bridgehead atoms. The molecule has 0 N–H and O–H groups in total. The molecule has 3 fully saturated rings. The molecule has 3 aliphatic heterocycles. The van der Waals surface area contributed by atoms with Crippen LogP contribution in [0, 0.1) is 0 Å². The zero-order valence-electron chi connectivity index (χ0n) is 8.86. The molecule has 0 aromatic heterocycles. The van der Waals surface area contributed by atoms with Crippen LogP contribution in [0.2, 0.25) is 0 Å². The van der Waals surface area contributed by atoms with Gasteiger partial charge < -0.3 is 4.90 Å². The predicted molar refractivity (Wildman–Crippen MR) is 66.3 cm³/mol. The largest absolute Gasteiger partial charge is 0.367 e. The van der Waals surface area contributed by atoms with E-state index in [0.29, 0.717) is 0 Å². The number of rotatable bonds is 1. The molecule has 2 atom stereocenters. The summed E-state index contributed by atoms with van der Waals surface area (Å²) in [5, 5.41) is 0. The summed E-state index contributed by atoms with van der Waals surface area (Å²) in [5.41, 5.74) is 1.35. The molecular formula is C12H15BrN2. The number of halogens is 1. The summed E-state index contributed by atoms with van der Waals surface area (Å²) < 4.78 is 1.22. The van der Waals surface area contributed by atoms with Crippen molar-refractivity contribution in [3.05, 3.63) is 28.7 Å². The molecule has 15 heavy (non-hydrogen) atoms. The minimum atomic E-state index is 0.774. The van der Waals surface area contributed by atoms with Crippen molar-refractivity contribution < 1.29 is 0 Å². The van der Waals surface area contributed by atoms with Crippen LogP contribution in [0.15, 0.2) is 28.7 Å². The van der Waals surface area contributed by atoms with Gasteiger partial charge in [0.1, 0.15) is 0 Å². The quantitative estimate of drug-likeness (QED) is 0.770. The lowest BCUT2D eigenvalue weighted by atomic mass is 9.88. The molecule has 0 radical (unpaired) electrons. The Balaban J connectivity index is 1.83. The van der Waals surface area contributed by atoms with Crippen LogP contribution in [0.25, 0.3) is 0 Å². The number of likely N-dealkylation sites (N-methyl/N-ethyl adjacent to an activating group) is 1. The van der Waals surface area contributed by atoms with Crippen molar-refractivity contribution in [1.82, 2.24) is 4.90 Å². The molecule has 0 spiro atoms. The monoisotopic (exact) mass is 266 g/mol. The third kappa shape index (κ3) is 1.49. The molecule has 3 heterocycles. The first-order valence-electron chi connectivity index (χ1n) is 5.47. The van der Waals surface area contributed by atoms with Crippen molar-refractivity contribution in [1.29, 1.82) is 0 Å². The van der Waals surface area contributed by atoms with Crippen LogP contribution in [0.5, 0.6) is 0 Å². The third-order valence-electron chi connectivity index (χ3n) is 3.75. The first-order chi connectivity index (χ1) is 7.25. The van der Waals surface area contributed by atoms with Gasteiger partial charge in [-0.1, -0.05) is 12.1 Å². The molecule has 3 heteroatoms. The standard InChI is InChI=1S/C12H15BrN2/c1-14-9-6-10(14)8-15(7-9)12-5-3-2-4-11(12)13/h2-5,9-10H,6-8H2,1H3. The van der Waals surface area contributed by atoms with Gasteiger partial charge in [-0.05, 0) is 41.5 Å². The highest BCUT2D eigenvalue weighted by Crippen LogP contribution is 2.35. The second-order valence-electron chi connectivity index (χ2n) is 4.57. The molecule has 0 saturated carbocycles. The van der Waals surface area contributed by atoms with E-state index in [-0.39, 0.29) is 0 Å². The van der Waals surface area contributed by atoms with Crippen molar-refractivity contribution in [2.45, 2.75) is 18.5 Å². The first-order valence-corrected chi connectivity index (χ1v) is 6.26. The Morgan fingerprint density at radius 2 is 1.87 bits per heavy atom. The lowest BCUT2D eigenvalue weighted by Gasteiger charge is -2.55. The summed E-state index contributed by atoms with van der Waals surface area (Å²) in [4.78, 5) is 5.01. The molecule has 1 aromatic carbocycles. The second-order valence-corrected chi connectivity index (χ2v) is 5.42. The van der Waals surface area contributed by atoms with E-state index in [1.54, 1.807) is 0 Å². The Morgan fingerprint density at radius 3 is 2.47 bits per heavy atom. The number of piperidine rings is 1. The SMILES string of the molecule is CN1C2CC1CN(c1ccccc1Br)C2. The number of piperazine rings is 1. The highest BCUT2D eigenvalue weighted by atomic mass is 79.9. The highest BCUT2D eigenvalue weighted by molar-refractivity contribution is 9.10. The summed E-state index contributed by atoms with van der Waals surface area (Å²) in [6.07, 6.45) is 1.39.